The van der Waals surface area contributed by atoms with Crippen LogP contribution in [0.1, 0.15) is 21.7 Å². The molecule has 0 bridgehead atoms. The SMILES string of the molecule is Cc1cc(C)nc(NC(=O)c2ccc(Cl)cc2O)n1. The molecule has 1 heterocycles. The van der Waals surface area contributed by atoms with Crippen LogP contribution in [0, 0.1) is 13.8 Å². The summed E-state index contributed by atoms with van der Waals surface area (Å²) in [5, 5.41) is 12.6. The number of hydrogen-bond acceptors (Lipinski definition) is 4. The molecule has 0 aliphatic heterocycles. The van der Waals surface area contributed by atoms with Crippen molar-refractivity contribution in [2.24, 2.45) is 0 Å². The fourth-order valence-electron chi connectivity index (χ4n) is 1.65. The molecule has 0 saturated carbocycles. The van der Waals surface area contributed by atoms with Gasteiger partial charge in [0.1, 0.15) is 5.75 Å². The van der Waals surface area contributed by atoms with Crippen LogP contribution in [0.3, 0.4) is 0 Å². The molecular weight excluding hydrogens is 266 g/mol. The number of hydrogen-bond donors (Lipinski definition) is 2. The first-order valence-corrected chi connectivity index (χ1v) is 5.95. The van der Waals surface area contributed by atoms with E-state index < -0.39 is 5.91 Å². The maximum absolute atomic E-state index is 12.0. The summed E-state index contributed by atoms with van der Waals surface area (Å²) in [4.78, 5) is 20.2. The van der Waals surface area contributed by atoms with Gasteiger partial charge < -0.3 is 5.11 Å². The van der Waals surface area contributed by atoms with Crippen LogP contribution < -0.4 is 5.32 Å². The second-order valence-electron chi connectivity index (χ2n) is 4.09. The van der Waals surface area contributed by atoms with Crippen molar-refractivity contribution < 1.29 is 9.90 Å². The molecule has 98 valence electrons. The third-order valence-corrected chi connectivity index (χ3v) is 2.65. The monoisotopic (exact) mass is 277 g/mol. The van der Waals surface area contributed by atoms with Gasteiger partial charge in [0.05, 0.1) is 5.56 Å². The molecule has 6 heteroatoms. The van der Waals surface area contributed by atoms with Crippen molar-refractivity contribution in [2.45, 2.75) is 13.8 Å². The summed E-state index contributed by atoms with van der Waals surface area (Å²) in [7, 11) is 0. The summed E-state index contributed by atoms with van der Waals surface area (Å²) in [6.07, 6.45) is 0. The van der Waals surface area contributed by atoms with Crippen molar-refractivity contribution in [1.82, 2.24) is 9.97 Å². The van der Waals surface area contributed by atoms with Crippen LogP contribution in [-0.2, 0) is 0 Å². The quantitative estimate of drug-likeness (QED) is 0.885. The first kappa shape index (κ1) is 13.3. The van der Waals surface area contributed by atoms with E-state index in [1.54, 1.807) is 6.07 Å². The molecular formula is C13H12ClN3O2. The van der Waals surface area contributed by atoms with Gasteiger partial charge in [-0.1, -0.05) is 11.6 Å². The van der Waals surface area contributed by atoms with E-state index in [0.29, 0.717) is 5.02 Å². The molecule has 1 aromatic heterocycles. The molecule has 0 radical (unpaired) electrons. The molecule has 5 nitrogen and oxygen atoms in total. The number of aromatic nitrogens is 2. The first-order valence-electron chi connectivity index (χ1n) is 5.58. The molecule has 2 N–H and O–H groups in total. The number of amides is 1. The summed E-state index contributed by atoms with van der Waals surface area (Å²) in [5.41, 5.74) is 1.62. The average Bonchev–Trinajstić information content (AvgIpc) is 2.26. The minimum Gasteiger partial charge on any atom is -0.507 e. The van der Waals surface area contributed by atoms with Gasteiger partial charge in [0.25, 0.3) is 5.91 Å². The number of carbonyl (C=O) groups excluding carboxylic acids is 1. The lowest BCUT2D eigenvalue weighted by molar-refractivity contribution is 0.102. The molecule has 0 aliphatic rings. The van der Waals surface area contributed by atoms with Crippen LogP contribution >= 0.6 is 11.6 Å². The van der Waals surface area contributed by atoms with E-state index in [9.17, 15) is 9.90 Å². The number of aryl methyl sites for hydroxylation is 2. The summed E-state index contributed by atoms with van der Waals surface area (Å²) >= 11 is 5.71. The molecule has 0 saturated heterocycles. The van der Waals surface area contributed by atoms with Gasteiger partial charge in [-0.25, -0.2) is 9.97 Å². The van der Waals surface area contributed by atoms with E-state index in [2.05, 4.69) is 15.3 Å². The molecule has 0 aliphatic carbocycles. The van der Waals surface area contributed by atoms with E-state index in [0.717, 1.165) is 11.4 Å². The molecule has 0 fully saturated rings. The molecule has 19 heavy (non-hydrogen) atoms. The topological polar surface area (TPSA) is 75.1 Å². The molecule has 1 amide bonds. The number of anilines is 1. The van der Waals surface area contributed by atoms with Crippen molar-refractivity contribution >= 4 is 23.5 Å². The normalized spacial score (nSPS) is 10.3. The van der Waals surface area contributed by atoms with Crippen LogP contribution in [0.4, 0.5) is 5.95 Å². The Bertz CT molecular complexity index is 624. The lowest BCUT2D eigenvalue weighted by atomic mass is 10.2. The van der Waals surface area contributed by atoms with Gasteiger partial charge in [-0.2, -0.15) is 0 Å². The summed E-state index contributed by atoms with van der Waals surface area (Å²) in [5.74, 6) is -0.467. The fourth-order valence-corrected chi connectivity index (χ4v) is 1.81. The standard InChI is InChI=1S/C13H12ClN3O2/c1-7-5-8(2)16-13(15-7)17-12(19)10-4-3-9(14)6-11(10)18/h3-6,18H,1-2H3,(H,15,16,17,19). The van der Waals surface area contributed by atoms with Gasteiger partial charge in [0, 0.05) is 16.4 Å². The predicted molar refractivity (Wildman–Crippen MR) is 72.6 cm³/mol. The number of nitrogens with one attached hydrogen (secondary N) is 1. The molecule has 2 rings (SSSR count). The second kappa shape index (κ2) is 5.24. The minimum atomic E-state index is -0.487. The van der Waals surface area contributed by atoms with E-state index in [1.165, 1.54) is 18.2 Å². The Hall–Kier alpha value is -2.14. The van der Waals surface area contributed by atoms with Gasteiger partial charge in [0.15, 0.2) is 0 Å². The zero-order valence-corrected chi connectivity index (χ0v) is 11.2. The highest BCUT2D eigenvalue weighted by molar-refractivity contribution is 6.30. The smallest absolute Gasteiger partial charge is 0.261 e. The Morgan fingerprint density at radius 2 is 1.84 bits per heavy atom. The van der Waals surface area contributed by atoms with Crippen LogP contribution in [0.2, 0.25) is 5.02 Å². The van der Waals surface area contributed by atoms with E-state index in [4.69, 9.17) is 11.6 Å². The highest BCUT2D eigenvalue weighted by Crippen LogP contribution is 2.22. The lowest BCUT2D eigenvalue weighted by Crippen LogP contribution is -2.15. The van der Waals surface area contributed by atoms with E-state index >= 15 is 0 Å². The van der Waals surface area contributed by atoms with Gasteiger partial charge in [0.2, 0.25) is 5.95 Å². The lowest BCUT2D eigenvalue weighted by Gasteiger charge is -2.07. The third-order valence-electron chi connectivity index (χ3n) is 2.41. The number of phenols is 1. The number of aromatic hydroxyl groups is 1. The van der Waals surface area contributed by atoms with Crippen LogP contribution in [-0.4, -0.2) is 21.0 Å². The van der Waals surface area contributed by atoms with Gasteiger partial charge >= 0.3 is 0 Å². The maximum atomic E-state index is 12.0. The summed E-state index contributed by atoms with van der Waals surface area (Å²) < 4.78 is 0. The Morgan fingerprint density at radius 3 is 2.42 bits per heavy atom. The number of carbonyl (C=O) groups is 1. The van der Waals surface area contributed by atoms with Crippen LogP contribution in [0.5, 0.6) is 5.75 Å². The Morgan fingerprint density at radius 1 is 1.21 bits per heavy atom. The number of nitrogens with zero attached hydrogens (tertiary/aromatic N) is 2. The van der Waals surface area contributed by atoms with Crippen LogP contribution in [0.15, 0.2) is 24.3 Å². The summed E-state index contributed by atoms with van der Waals surface area (Å²) in [6, 6.07) is 6.07. The van der Waals surface area contributed by atoms with Gasteiger partial charge in [-0.15, -0.1) is 0 Å². The first-order chi connectivity index (χ1) is 8.95. The zero-order chi connectivity index (χ0) is 14.0. The highest BCUT2D eigenvalue weighted by atomic mass is 35.5. The molecule has 0 unspecified atom stereocenters. The maximum Gasteiger partial charge on any atom is 0.261 e. The van der Waals surface area contributed by atoms with Crippen molar-refractivity contribution in [3.8, 4) is 5.75 Å². The molecule has 2 aromatic rings. The largest absolute Gasteiger partial charge is 0.507 e. The van der Waals surface area contributed by atoms with Crippen LogP contribution in [0.25, 0.3) is 0 Å². The van der Waals surface area contributed by atoms with Crippen molar-refractivity contribution in [2.75, 3.05) is 5.32 Å². The molecule has 1 aromatic carbocycles. The fraction of sp³-hybridized carbons (Fsp3) is 0.154. The van der Waals surface area contributed by atoms with Crippen molar-refractivity contribution in [3.63, 3.8) is 0 Å². The minimum absolute atomic E-state index is 0.118. The Balaban J connectivity index is 2.25. The van der Waals surface area contributed by atoms with Gasteiger partial charge in [-0.3, -0.25) is 10.1 Å². The predicted octanol–water partition coefficient (Wildman–Crippen LogP) is 2.70. The number of benzene rings is 1. The van der Waals surface area contributed by atoms with E-state index in [1.807, 2.05) is 13.8 Å². The Kier molecular flexibility index (Phi) is 3.66. The third kappa shape index (κ3) is 3.20. The summed E-state index contributed by atoms with van der Waals surface area (Å²) in [6.45, 7) is 3.62. The average molecular weight is 278 g/mol. The molecule has 0 spiro atoms. The molecule has 0 atom stereocenters. The number of phenolic OH excluding ortho intramolecular Hbond substituents is 1. The van der Waals surface area contributed by atoms with Gasteiger partial charge in [-0.05, 0) is 38.1 Å². The zero-order valence-electron chi connectivity index (χ0n) is 10.4. The van der Waals surface area contributed by atoms with E-state index in [-0.39, 0.29) is 17.3 Å². The van der Waals surface area contributed by atoms with Crippen molar-refractivity contribution in [3.05, 3.63) is 46.2 Å². The highest BCUT2D eigenvalue weighted by Gasteiger charge is 2.13. The number of rotatable bonds is 2. The second-order valence-corrected chi connectivity index (χ2v) is 4.53. The Labute approximate surface area is 115 Å². The number of halogens is 1. The van der Waals surface area contributed by atoms with Crippen molar-refractivity contribution in [1.29, 1.82) is 0 Å².